The first-order valence-corrected chi connectivity index (χ1v) is 19.7. The van der Waals surface area contributed by atoms with Gasteiger partial charge >= 0.3 is 83.1 Å². The number of nitrogens with one attached hydrogen (secondary N) is 3. The maximum Gasteiger partial charge on any atom is 1.00 e. The number of nitrogens with zero attached hydrogens (tertiary/aromatic N) is 8. The molecule has 5 N–H and O–H groups in total. The molecule has 2 fully saturated rings. The summed E-state index contributed by atoms with van der Waals surface area (Å²) in [6.07, 6.45) is -1.30. The molecule has 1 aromatic heterocycles. The van der Waals surface area contributed by atoms with E-state index < -0.39 is 83.2 Å². The average Bonchev–Trinajstić information content (AvgIpc) is 3.68. The van der Waals surface area contributed by atoms with Crippen LogP contribution in [0.25, 0.3) is 0 Å². The van der Waals surface area contributed by atoms with Crippen molar-refractivity contribution in [3.05, 3.63) is 41.1 Å². The number of likely N-dealkylation sites (N-methyl/N-ethyl adjacent to an activating group) is 1. The van der Waals surface area contributed by atoms with Crippen molar-refractivity contribution in [2.75, 3.05) is 64.3 Å². The molecule has 0 spiro atoms. The molecular formula is C33H40N12Na2O12S2. The topological polar surface area (TPSA) is 320 Å². The number of thioether (sulfide) groups is 2. The number of amides is 7. The van der Waals surface area contributed by atoms with Crippen LogP contribution in [0.5, 0.6) is 0 Å². The number of imide groups is 1. The summed E-state index contributed by atoms with van der Waals surface area (Å²) in [6.45, 7) is 2.89. The zero-order chi connectivity index (χ0) is 43.3. The van der Waals surface area contributed by atoms with Crippen LogP contribution in [-0.4, -0.2) is 164 Å². The van der Waals surface area contributed by atoms with Crippen LogP contribution in [0.4, 0.5) is 15.3 Å². The molecule has 5 rings (SSSR count). The Morgan fingerprint density at radius 3 is 2.34 bits per heavy atom. The van der Waals surface area contributed by atoms with E-state index in [-0.39, 0.29) is 108 Å². The zero-order valence-electron chi connectivity index (χ0n) is 34.2. The molecule has 3 aliphatic rings. The molecule has 1 unspecified atom stereocenters. The number of ether oxygens (including phenoxy) is 2. The molecule has 4 heterocycles. The average molecular weight is 907 g/mol. The molecule has 2 saturated heterocycles. The molecule has 3 aliphatic heterocycles. The SMILES string of the molecule is CCN1CCN(C(=O)N[C@@H](C(=O)N[C@]2(OC)C(=O)N3C(C(=O)[O-])=C(CSc4nnnn4C(C)N(C)C)CS[C@H]32)c2ccc(NC(=O)OC[C@@H](N)C(=O)[O-])cc2)C(=O)C1=O.[Na+].[Na+]. The van der Waals surface area contributed by atoms with Crippen LogP contribution in [0.1, 0.15) is 31.6 Å². The number of methoxy groups -OCH3 is 1. The molecule has 318 valence electrons. The Bertz CT molecular complexity index is 2060. The predicted molar refractivity (Wildman–Crippen MR) is 200 cm³/mol. The monoisotopic (exact) mass is 906 g/mol. The van der Waals surface area contributed by atoms with Crippen LogP contribution in [-0.2, 0) is 38.2 Å². The minimum absolute atomic E-state index is 0. The van der Waals surface area contributed by atoms with Gasteiger partial charge in [-0.25, -0.2) is 14.3 Å². The quantitative estimate of drug-likeness (QED) is 0.0400. The number of carbonyl (C=O) groups is 8. The summed E-state index contributed by atoms with van der Waals surface area (Å²) >= 11 is 2.24. The Morgan fingerprint density at radius 1 is 1.08 bits per heavy atom. The van der Waals surface area contributed by atoms with Gasteiger partial charge < -0.3 is 50.5 Å². The number of piperazine rings is 1. The summed E-state index contributed by atoms with van der Waals surface area (Å²) in [5, 5.41) is 41.7. The number of fused-ring (bicyclic) bond motifs is 1. The Hall–Kier alpha value is -3.83. The normalized spacial score (nSPS) is 20.0. The Kier molecular flexibility index (Phi) is 18.6. The van der Waals surface area contributed by atoms with E-state index in [0.29, 0.717) is 15.6 Å². The minimum Gasteiger partial charge on any atom is -0.548 e. The number of hydrogen-bond acceptors (Lipinski definition) is 19. The molecule has 1 aromatic carbocycles. The Balaban J connectivity index is 0.00000496. The van der Waals surface area contributed by atoms with Crippen LogP contribution in [0.15, 0.2) is 40.7 Å². The summed E-state index contributed by atoms with van der Waals surface area (Å²) in [7, 11) is 4.79. The second-order valence-corrected chi connectivity index (χ2v) is 15.3. The van der Waals surface area contributed by atoms with Gasteiger partial charge in [-0.15, -0.1) is 16.9 Å². The Morgan fingerprint density at radius 2 is 1.75 bits per heavy atom. The summed E-state index contributed by atoms with van der Waals surface area (Å²) in [4.78, 5) is 107. The summed E-state index contributed by atoms with van der Waals surface area (Å²) < 4.78 is 11.9. The number of β-lactam (4-membered cyclic amide) rings is 1. The Labute approximate surface area is 400 Å². The number of aliphatic carboxylic acids is 2. The second kappa shape index (κ2) is 22.0. The molecule has 24 nitrogen and oxygen atoms in total. The smallest absolute Gasteiger partial charge is 0.548 e. The van der Waals surface area contributed by atoms with Crippen LogP contribution in [0.3, 0.4) is 0 Å². The summed E-state index contributed by atoms with van der Waals surface area (Å²) in [5.41, 5.74) is 3.19. The molecule has 0 radical (unpaired) electrons. The van der Waals surface area contributed by atoms with Gasteiger partial charge in [0.1, 0.15) is 24.2 Å². The van der Waals surface area contributed by atoms with Gasteiger partial charge in [-0.2, -0.15) is 0 Å². The van der Waals surface area contributed by atoms with Gasteiger partial charge in [0.15, 0.2) is 0 Å². The number of hydrogen-bond donors (Lipinski definition) is 4. The van der Waals surface area contributed by atoms with Crippen LogP contribution in [0, 0.1) is 0 Å². The first kappa shape index (κ1) is 51.5. The largest absolute Gasteiger partial charge is 1.00 e. The summed E-state index contributed by atoms with van der Waals surface area (Å²) in [6, 6.07) is 0.818. The number of carboxylic acids is 2. The molecule has 61 heavy (non-hydrogen) atoms. The maximum absolute atomic E-state index is 14.2. The van der Waals surface area contributed by atoms with Crippen molar-refractivity contribution >= 4 is 76.9 Å². The van der Waals surface area contributed by atoms with Crippen LogP contribution < -0.4 is 91.0 Å². The minimum atomic E-state index is -2.15. The van der Waals surface area contributed by atoms with Gasteiger partial charge in [-0.1, -0.05) is 23.9 Å². The third kappa shape index (κ3) is 11.0. The number of tetrazole rings is 1. The number of rotatable bonds is 16. The maximum atomic E-state index is 14.2. The molecule has 7 amide bonds. The van der Waals surface area contributed by atoms with Crippen molar-refractivity contribution in [3.63, 3.8) is 0 Å². The first-order chi connectivity index (χ1) is 27.9. The van der Waals surface area contributed by atoms with Gasteiger partial charge in [0.25, 0.3) is 11.6 Å². The third-order valence-electron chi connectivity index (χ3n) is 9.53. The molecule has 5 atom stereocenters. The summed E-state index contributed by atoms with van der Waals surface area (Å²) in [5.74, 6) is -7.23. The first-order valence-electron chi connectivity index (χ1n) is 17.7. The van der Waals surface area contributed by atoms with Crippen molar-refractivity contribution < 1.29 is 117 Å². The van der Waals surface area contributed by atoms with E-state index in [4.69, 9.17) is 15.2 Å². The van der Waals surface area contributed by atoms with Gasteiger partial charge in [-0.05, 0) is 61.6 Å². The van der Waals surface area contributed by atoms with Crippen LogP contribution >= 0.6 is 23.5 Å². The van der Waals surface area contributed by atoms with Crippen molar-refractivity contribution in [2.45, 2.75) is 48.4 Å². The van der Waals surface area contributed by atoms with E-state index in [1.165, 1.54) is 29.2 Å². The van der Waals surface area contributed by atoms with Gasteiger partial charge in [-0.3, -0.25) is 39.2 Å². The van der Waals surface area contributed by atoms with E-state index in [1.54, 1.807) is 11.6 Å². The number of aromatic nitrogens is 4. The van der Waals surface area contributed by atoms with Crippen molar-refractivity contribution in [2.24, 2.45) is 5.73 Å². The molecule has 28 heteroatoms. The van der Waals surface area contributed by atoms with Gasteiger partial charge in [0.2, 0.25) is 11.1 Å². The zero-order valence-corrected chi connectivity index (χ0v) is 39.9. The van der Waals surface area contributed by atoms with E-state index >= 15 is 0 Å². The number of carboxylic acid groups (broad SMARTS) is 2. The van der Waals surface area contributed by atoms with E-state index in [2.05, 4.69) is 31.5 Å². The number of carbonyl (C=O) groups excluding carboxylic acids is 8. The number of urea groups is 1. The second-order valence-electron chi connectivity index (χ2n) is 13.3. The number of nitrogens with two attached hydrogens (primary N) is 1. The third-order valence-corrected chi connectivity index (χ3v) is 11.9. The number of anilines is 1. The fourth-order valence-electron chi connectivity index (χ4n) is 6.00. The number of benzene rings is 1. The standard InChI is InChI=1S/C33H42N12O12S2.2Na/c1-6-42-11-12-43(25(48)24(42)47)30(54)36-21(17-7-9-19(10-8-17)35-32(55)57-13-20(34)26(49)50)23(46)37-33(56-5)28(53)44-22(27(51)52)18(14-58-29(33)44)15-59-31-38-39-40-45(31)16(2)41(3)4;;/h7-10,16,20-21,29H,6,11-15,34H2,1-5H3,(H,35,55)(H,36,54)(H,37,46)(H,49,50)(H,51,52);;/q;2*+1/p-2/t16?,20-,21-,29+,33+;;/m1../s1. The molecular weight excluding hydrogens is 867 g/mol. The fraction of sp³-hybridized carbons (Fsp3) is 0.485. The van der Waals surface area contributed by atoms with Crippen LogP contribution in [0.2, 0.25) is 0 Å². The van der Waals surface area contributed by atoms with Crippen molar-refractivity contribution in [1.82, 2.24) is 50.4 Å². The molecule has 0 aliphatic carbocycles. The molecule has 0 bridgehead atoms. The van der Waals surface area contributed by atoms with E-state index in [1.807, 2.05) is 25.9 Å². The molecule has 2 aromatic rings. The van der Waals surface area contributed by atoms with E-state index in [0.717, 1.165) is 35.5 Å². The van der Waals surface area contributed by atoms with E-state index in [9.17, 15) is 48.6 Å². The van der Waals surface area contributed by atoms with Crippen molar-refractivity contribution in [1.29, 1.82) is 0 Å². The fourth-order valence-corrected chi connectivity index (χ4v) is 8.53. The molecule has 0 saturated carbocycles. The predicted octanol–water partition coefficient (Wildman–Crippen LogP) is -10.0. The van der Waals surface area contributed by atoms with Gasteiger partial charge in [0.05, 0.1) is 23.7 Å². The van der Waals surface area contributed by atoms with Gasteiger partial charge in [0, 0.05) is 43.9 Å². The van der Waals surface area contributed by atoms with Crippen molar-refractivity contribution in [3.8, 4) is 0 Å².